The van der Waals surface area contributed by atoms with Gasteiger partial charge in [0.25, 0.3) is 5.91 Å². The van der Waals surface area contributed by atoms with Crippen LogP contribution >= 0.6 is 0 Å². The minimum absolute atomic E-state index is 0.00230. The highest BCUT2D eigenvalue weighted by molar-refractivity contribution is 5.97. The van der Waals surface area contributed by atoms with Gasteiger partial charge in [0.2, 0.25) is 0 Å². The smallest absolute Gasteiger partial charge is 0.262 e. The van der Waals surface area contributed by atoms with E-state index >= 15 is 0 Å². The van der Waals surface area contributed by atoms with Crippen LogP contribution in [0.25, 0.3) is 0 Å². The molecule has 1 atom stereocenters. The standard InChI is InChI=1S/C15H23N3O3/c1-9(2)6-15(3,20)8-17-11-5-12-13(4-10(11)16)21-7-14(19)18-12/h4-5,9,17,20H,6-8,16H2,1-3H3,(H,18,19). The molecule has 116 valence electrons. The summed E-state index contributed by atoms with van der Waals surface area (Å²) in [6.07, 6.45) is 0.685. The number of rotatable bonds is 5. The number of fused-ring (bicyclic) bond motifs is 1. The molecule has 1 aliphatic heterocycles. The van der Waals surface area contributed by atoms with Crippen LogP contribution in [0.5, 0.6) is 5.75 Å². The lowest BCUT2D eigenvalue weighted by Gasteiger charge is -2.27. The number of carbonyl (C=O) groups is 1. The Hall–Kier alpha value is -1.95. The van der Waals surface area contributed by atoms with Crippen molar-refractivity contribution < 1.29 is 14.6 Å². The number of ether oxygens (including phenoxy) is 1. The average molecular weight is 293 g/mol. The Balaban J connectivity index is 2.10. The van der Waals surface area contributed by atoms with Crippen molar-refractivity contribution in [1.82, 2.24) is 0 Å². The minimum atomic E-state index is -0.823. The second kappa shape index (κ2) is 5.81. The maximum absolute atomic E-state index is 11.3. The van der Waals surface area contributed by atoms with Crippen molar-refractivity contribution in [2.75, 3.05) is 29.5 Å². The molecule has 6 nitrogen and oxygen atoms in total. The SMILES string of the molecule is CC(C)CC(C)(O)CNc1cc2c(cc1N)OCC(=O)N2. The van der Waals surface area contributed by atoms with Crippen LogP contribution in [0.15, 0.2) is 12.1 Å². The molecular formula is C15H23N3O3. The predicted molar refractivity (Wildman–Crippen MR) is 83.5 cm³/mol. The Morgan fingerprint density at radius 1 is 1.52 bits per heavy atom. The number of nitrogen functional groups attached to an aromatic ring is 1. The first-order chi connectivity index (χ1) is 9.77. The van der Waals surface area contributed by atoms with Crippen LogP contribution in [0.3, 0.4) is 0 Å². The van der Waals surface area contributed by atoms with Gasteiger partial charge in [0, 0.05) is 12.6 Å². The fourth-order valence-electron chi connectivity index (χ4n) is 2.53. The minimum Gasteiger partial charge on any atom is -0.482 e. The maximum Gasteiger partial charge on any atom is 0.262 e. The Bertz CT molecular complexity index is 541. The van der Waals surface area contributed by atoms with Crippen molar-refractivity contribution >= 4 is 23.0 Å². The van der Waals surface area contributed by atoms with Crippen molar-refractivity contribution in [2.24, 2.45) is 5.92 Å². The van der Waals surface area contributed by atoms with Crippen LogP contribution in [0, 0.1) is 5.92 Å². The van der Waals surface area contributed by atoms with Crippen LogP contribution in [-0.4, -0.2) is 29.8 Å². The van der Waals surface area contributed by atoms with Crippen LogP contribution < -0.4 is 21.1 Å². The lowest BCUT2D eigenvalue weighted by atomic mass is 9.94. The maximum atomic E-state index is 11.3. The number of carbonyl (C=O) groups excluding carboxylic acids is 1. The molecule has 2 rings (SSSR count). The highest BCUT2D eigenvalue weighted by Gasteiger charge is 2.23. The summed E-state index contributed by atoms with van der Waals surface area (Å²) >= 11 is 0. The summed E-state index contributed by atoms with van der Waals surface area (Å²) in [6, 6.07) is 3.40. The molecule has 1 aromatic carbocycles. The van der Waals surface area contributed by atoms with Crippen LogP contribution in [-0.2, 0) is 4.79 Å². The summed E-state index contributed by atoms with van der Waals surface area (Å²) in [5.74, 6) is 0.770. The zero-order chi connectivity index (χ0) is 15.6. The zero-order valence-corrected chi connectivity index (χ0v) is 12.7. The molecule has 1 aromatic rings. The molecule has 1 unspecified atom stereocenters. The second-order valence-corrected chi connectivity index (χ2v) is 6.22. The van der Waals surface area contributed by atoms with Gasteiger partial charge in [0.15, 0.2) is 6.61 Å². The van der Waals surface area contributed by atoms with Crippen LogP contribution in [0.2, 0.25) is 0 Å². The fraction of sp³-hybridized carbons (Fsp3) is 0.533. The molecule has 0 radical (unpaired) electrons. The first-order valence-electron chi connectivity index (χ1n) is 7.09. The molecule has 0 saturated carbocycles. The Kier molecular flexibility index (Phi) is 4.27. The molecule has 0 spiro atoms. The Labute approximate surface area is 124 Å². The molecule has 0 bridgehead atoms. The summed E-state index contributed by atoms with van der Waals surface area (Å²) in [7, 11) is 0. The lowest BCUT2D eigenvalue weighted by molar-refractivity contribution is -0.118. The number of amides is 1. The van der Waals surface area contributed by atoms with E-state index in [0.717, 1.165) is 0 Å². The van der Waals surface area contributed by atoms with E-state index in [9.17, 15) is 9.90 Å². The van der Waals surface area contributed by atoms with E-state index in [-0.39, 0.29) is 12.5 Å². The number of benzene rings is 1. The van der Waals surface area contributed by atoms with E-state index in [2.05, 4.69) is 24.5 Å². The molecule has 1 amide bonds. The van der Waals surface area contributed by atoms with Gasteiger partial charge >= 0.3 is 0 Å². The van der Waals surface area contributed by atoms with Crippen LogP contribution in [0.1, 0.15) is 27.2 Å². The monoisotopic (exact) mass is 293 g/mol. The number of nitrogens with two attached hydrogens (primary N) is 1. The lowest BCUT2D eigenvalue weighted by Crippen LogP contribution is -2.35. The third-order valence-electron chi connectivity index (χ3n) is 3.29. The Morgan fingerprint density at radius 2 is 2.24 bits per heavy atom. The second-order valence-electron chi connectivity index (χ2n) is 6.22. The summed E-state index contributed by atoms with van der Waals surface area (Å²) in [6.45, 7) is 6.30. The average Bonchev–Trinajstić information content (AvgIpc) is 2.35. The fourth-order valence-corrected chi connectivity index (χ4v) is 2.53. The Morgan fingerprint density at radius 3 is 2.90 bits per heavy atom. The van der Waals surface area contributed by atoms with Gasteiger partial charge in [0.05, 0.1) is 22.7 Å². The van der Waals surface area contributed by atoms with Gasteiger partial charge in [-0.05, 0) is 25.3 Å². The topological polar surface area (TPSA) is 96.6 Å². The van der Waals surface area contributed by atoms with Crippen molar-refractivity contribution in [3.8, 4) is 5.75 Å². The number of aliphatic hydroxyl groups is 1. The predicted octanol–water partition coefficient (Wildman–Crippen LogP) is 1.81. The van der Waals surface area contributed by atoms with Crippen molar-refractivity contribution in [3.05, 3.63) is 12.1 Å². The molecule has 0 aromatic heterocycles. The summed E-state index contributed by atoms with van der Waals surface area (Å²) < 4.78 is 5.30. The largest absolute Gasteiger partial charge is 0.482 e. The molecule has 5 N–H and O–H groups in total. The molecule has 0 saturated heterocycles. The summed E-state index contributed by atoms with van der Waals surface area (Å²) in [5.41, 5.74) is 6.93. The third kappa shape index (κ3) is 4.01. The number of nitrogens with one attached hydrogen (secondary N) is 2. The highest BCUT2D eigenvalue weighted by Crippen LogP contribution is 2.35. The summed E-state index contributed by atoms with van der Waals surface area (Å²) in [5, 5.41) is 16.2. The van der Waals surface area contributed by atoms with Gasteiger partial charge in [-0.1, -0.05) is 13.8 Å². The summed E-state index contributed by atoms with van der Waals surface area (Å²) in [4.78, 5) is 11.3. The molecule has 6 heteroatoms. The van der Waals surface area contributed by atoms with Gasteiger partial charge in [-0.15, -0.1) is 0 Å². The first kappa shape index (κ1) is 15.4. The van der Waals surface area contributed by atoms with Gasteiger partial charge in [0.1, 0.15) is 5.75 Å². The van der Waals surface area contributed by atoms with Gasteiger partial charge in [-0.2, -0.15) is 0 Å². The number of anilines is 3. The van der Waals surface area contributed by atoms with Crippen LogP contribution in [0.4, 0.5) is 17.1 Å². The molecule has 0 fully saturated rings. The van der Waals surface area contributed by atoms with E-state index in [0.29, 0.717) is 41.7 Å². The first-order valence-corrected chi connectivity index (χ1v) is 7.09. The number of hydrogen-bond acceptors (Lipinski definition) is 5. The van der Waals surface area contributed by atoms with Crippen molar-refractivity contribution in [3.63, 3.8) is 0 Å². The molecule has 21 heavy (non-hydrogen) atoms. The quantitative estimate of drug-likeness (QED) is 0.621. The molecule has 1 heterocycles. The van der Waals surface area contributed by atoms with E-state index in [4.69, 9.17) is 10.5 Å². The zero-order valence-electron chi connectivity index (χ0n) is 12.7. The normalized spacial score (nSPS) is 16.7. The highest BCUT2D eigenvalue weighted by atomic mass is 16.5. The molecular weight excluding hydrogens is 270 g/mol. The van der Waals surface area contributed by atoms with Gasteiger partial charge < -0.3 is 26.2 Å². The van der Waals surface area contributed by atoms with Gasteiger partial charge in [-0.25, -0.2) is 0 Å². The molecule has 1 aliphatic rings. The van der Waals surface area contributed by atoms with E-state index in [1.165, 1.54) is 0 Å². The van der Waals surface area contributed by atoms with Crippen molar-refractivity contribution in [1.29, 1.82) is 0 Å². The van der Waals surface area contributed by atoms with E-state index in [1.54, 1.807) is 19.1 Å². The van der Waals surface area contributed by atoms with E-state index in [1.807, 2.05) is 0 Å². The molecule has 0 aliphatic carbocycles. The van der Waals surface area contributed by atoms with Crippen molar-refractivity contribution in [2.45, 2.75) is 32.8 Å². The number of hydrogen-bond donors (Lipinski definition) is 4. The third-order valence-corrected chi connectivity index (χ3v) is 3.29. The van der Waals surface area contributed by atoms with Gasteiger partial charge in [-0.3, -0.25) is 4.79 Å². The van der Waals surface area contributed by atoms with E-state index < -0.39 is 5.60 Å².